The molecule has 0 bridgehead atoms. The molecule has 2 N–H and O–H groups in total. The van der Waals surface area contributed by atoms with Crippen molar-refractivity contribution in [3.05, 3.63) is 29.3 Å². The maximum Gasteiger partial charge on any atom is 0.293 e. The standard InChI is InChI=1S/C17H26N2O2/c1-13-10-15(19-11-17(2,3)21-12-20)4-5-16(13)14-6-8-18-9-7-14/h4-5,10,12,14,18-19H,6-9,11H2,1-3H3. The smallest absolute Gasteiger partial charge is 0.293 e. The molecule has 1 fully saturated rings. The molecule has 116 valence electrons. The van der Waals surface area contributed by atoms with Gasteiger partial charge in [0.25, 0.3) is 6.47 Å². The Kier molecular flexibility index (Phi) is 5.23. The molecule has 1 heterocycles. The first-order valence-corrected chi connectivity index (χ1v) is 7.68. The van der Waals surface area contributed by atoms with Crippen LogP contribution in [0.25, 0.3) is 0 Å². The Morgan fingerprint density at radius 3 is 2.71 bits per heavy atom. The van der Waals surface area contributed by atoms with Gasteiger partial charge in [0, 0.05) is 5.69 Å². The maximum absolute atomic E-state index is 10.5. The van der Waals surface area contributed by atoms with Crippen LogP contribution in [0.3, 0.4) is 0 Å². The third-order valence-corrected chi connectivity index (χ3v) is 4.13. The van der Waals surface area contributed by atoms with E-state index in [1.54, 1.807) is 0 Å². The lowest BCUT2D eigenvalue weighted by Gasteiger charge is -2.26. The van der Waals surface area contributed by atoms with Crippen molar-refractivity contribution in [3.8, 4) is 0 Å². The first-order chi connectivity index (χ1) is 10.0. The average Bonchev–Trinajstić information content (AvgIpc) is 2.46. The quantitative estimate of drug-likeness (QED) is 0.791. The molecule has 1 saturated heterocycles. The summed E-state index contributed by atoms with van der Waals surface area (Å²) in [4.78, 5) is 10.5. The highest BCUT2D eigenvalue weighted by molar-refractivity contribution is 5.49. The van der Waals surface area contributed by atoms with Crippen LogP contribution in [-0.4, -0.2) is 31.7 Å². The van der Waals surface area contributed by atoms with Crippen molar-refractivity contribution >= 4 is 12.2 Å². The van der Waals surface area contributed by atoms with Crippen LogP contribution in [0.5, 0.6) is 0 Å². The predicted octanol–water partition coefficient (Wildman–Crippen LogP) is 2.83. The molecule has 4 nitrogen and oxygen atoms in total. The van der Waals surface area contributed by atoms with E-state index in [0.29, 0.717) is 18.9 Å². The minimum atomic E-state index is -0.497. The number of aryl methyl sites for hydroxylation is 1. The van der Waals surface area contributed by atoms with E-state index in [4.69, 9.17) is 4.74 Å². The number of ether oxygens (including phenoxy) is 1. The average molecular weight is 290 g/mol. The van der Waals surface area contributed by atoms with Crippen LogP contribution in [0.2, 0.25) is 0 Å². The molecular formula is C17H26N2O2. The van der Waals surface area contributed by atoms with Gasteiger partial charge in [-0.25, -0.2) is 0 Å². The fourth-order valence-corrected chi connectivity index (χ4v) is 2.86. The van der Waals surface area contributed by atoms with E-state index < -0.39 is 5.60 Å². The Bertz CT molecular complexity index is 480. The number of carbonyl (C=O) groups excluding carboxylic acids is 1. The number of rotatable bonds is 6. The van der Waals surface area contributed by atoms with E-state index in [2.05, 4.69) is 35.8 Å². The van der Waals surface area contributed by atoms with Crippen LogP contribution in [0.4, 0.5) is 5.69 Å². The summed E-state index contributed by atoms with van der Waals surface area (Å²) in [5, 5.41) is 6.75. The van der Waals surface area contributed by atoms with E-state index in [1.807, 2.05) is 13.8 Å². The summed E-state index contributed by atoms with van der Waals surface area (Å²) >= 11 is 0. The first-order valence-electron chi connectivity index (χ1n) is 7.68. The highest BCUT2D eigenvalue weighted by Gasteiger charge is 2.19. The summed E-state index contributed by atoms with van der Waals surface area (Å²) in [5.74, 6) is 0.676. The monoisotopic (exact) mass is 290 g/mol. The van der Waals surface area contributed by atoms with Gasteiger partial charge in [-0.3, -0.25) is 4.79 Å². The molecule has 2 rings (SSSR count). The van der Waals surface area contributed by atoms with Crippen molar-refractivity contribution in [1.29, 1.82) is 0 Å². The van der Waals surface area contributed by atoms with Crippen LogP contribution in [0.15, 0.2) is 18.2 Å². The van der Waals surface area contributed by atoms with E-state index in [0.717, 1.165) is 18.8 Å². The van der Waals surface area contributed by atoms with E-state index >= 15 is 0 Å². The molecule has 21 heavy (non-hydrogen) atoms. The zero-order valence-corrected chi connectivity index (χ0v) is 13.2. The van der Waals surface area contributed by atoms with Crippen molar-refractivity contribution in [3.63, 3.8) is 0 Å². The normalized spacial score (nSPS) is 16.5. The molecule has 0 saturated carbocycles. The van der Waals surface area contributed by atoms with Crippen LogP contribution >= 0.6 is 0 Å². The molecule has 0 aromatic heterocycles. The number of piperidine rings is 1. The molecule has 0 radical (unpaired) electrons. The molecule has 0 spiro atoms. The van der Waals surface area contributed by atoms with Gasteiger partial charge in [-0.1, -0.05) is 6.07 Å². The summed E-state index contributed by atoms with van der Waals surface area (Å²) in [6.45, 7) is 9.29. The summed E-state index contributed by atoms with van der Waals surface area (Å²) < 4.78 is 5.05. The van der Waals surface area contributed by atoms with Crippen molar-refractivity contribution in [1.82, 2.24) is 5.32 Å². The van der Waals surface area contributed by atoms with Crippen molar-refractivity contribution in [2.45, 2.75) is 45.1 Å². The molecule has 0 aliphatic carbocycles. The fourth-order valence-electron chi connectivity index (χ4n) is 2.86. The van der Waals surface area contributed by atoms with Gasteiger partial charge in [0.15, 0.2) is 0 Å². The Labute approximate surface area is 127 Å². The second-order valence-corrected chi connectivity index (χ2v) is 6.42. The predicted molar refractivity (Wildman–Crippen MR) is 85.7 cm³/mol. The second kappa shape index (κ2) is 6.94. The molecule has 1 aliphatic heterocycles. The minimum Gasteiger partial charge on any atom is -0.460 e. The highest BCUT2D eigenvalue weighted by Crippen LogP contribution is 2.29. The molecule has 0 amide bonds. The van der Waals surface area contributed by atoms with Gasteiger partial charge in [-0.05, 0) is 75.9 Å². The van der Waals surface area contributed by atoms with E-state index in [1.165, 1.54) is 24.0 Å². The molecule has 1 aliphatic rings. The number of carbonyl (C=O) groups is 1. The number of nitrogens with one attached hydrogen (secondary N) is 2. The zero-order chi connectivity index (χ0) is 15.3. The van der Waals surface area contributed by atoms with Gasteiger partial charge < -0.3 is 15.4 Å². The van der Waals surface area contributed by atoms with Gasteiger partial charge in [0.2, 0.25) is 0 Å². The van der Waals surface area contributed by atoms with Crippen molar-refractivity contribution in [2.75, 3.05) is 25.0 Å². The fraction of sp³-hybridized carbons (Fsp3) is 0.588. The third kappa shape index (κ3) is 4.46. The lowest BCUT2D eigenvalue weighted by atomic mass is 9.87. The molecule has 1 aromatic carbocycles. The van der Waals surface area contributed by atoms with Gasteiger partial charge in [0.05, 0.1) is 6.54 Å². The summed E-state index contributed by atoms with van der Waals surface area (Å²) in [6, 6.07) is 6.55. The van der Waals surface area contributed by atoms with Crippen LogP contribution < -0.4 is 10.6 Å². The Balaban J connectivity index is 2.00. The van der Waals surface area contributed by atoms with E-state index in [9.17, 15) is 4.79 Å². The van der Waals surface area contributed by atoms with Crippen LogP contribution in [0.1, 0.15) is 43.7 Å². The maximum atomic E-state index is 10.5. The SMILES string of the molecule is Cc1cc(NCC(C)(C)OC=O)ccc1C1CCNCC1. The lowest BCUT2D eigenvalue weighted by molar-refractivity contribution is -0.139. The van der Waals surface area contributed by atoms with Gasteiger partial charge >= 0.3 is 0 Å². The molecule has 0 unspecified atom stereocenters. The Morgan fingerprint density at radius 2 is 2.10 bits per heavy atom. The van der Waals surface area contributed by atoms with Crippen molar-refractivity contribution < 1.29 is 9.53 Å². The molecule has 0 atom stereocenters. The third-order valence-electron chi connectivity index (χ3n) is 4.13. The Hall–Kier alpha value is -1.55. The Morgan fingerprint density at radius 1 is 1.38 bits per heavy atom. The number of benzene rings is 1. The minimum absolute atomic E-state index is 0.497. The number of hydrogen-bond donors (Lipinski definition) is 2. The summed E-state index contributed by atoms with van der Waals surface area (Å²) in [7, 11) is 0. The lowest BCUT2D eigenvalue weighted by Crippen LogP contribution is -2.33. The topological polar surface area (TPSA) is 50.4 Å². The molecule has 4 heteroatoms. The highest BCUT2D eigenvalue weighted by atomic mass is 16.5. The first kappa shape index (κ1) is 15.8. The number of anilines is 1. The second-order valence-electron chi connectivity index (χ2n) is 6.42. The van der Waals surface area contributed by atoms with Gasteiger partial charge in [0.1, 0.15) is 5.60 Å². The summed E-state index contributed by atoms with van der Waals surface area (Å²) in [6.07, 6.45) is 2.43. The summed E-state index contributed by atoms with van der Waals surface area (Å²) in [5.41, 5.74) is 3.38. The van der Waals surface area contributed by atoms with E-state index in [-0.39, 0.29) is 0 Å². The molecular weight excluding hydrogens is 264 g/mol. The van der Waals surface area contributed by atoms with Crippen molar-refractivity contribution in [2.24, 2.45) is 0 Å². The van der Waals surface area contributed by atoms with Gasteiger partial charge in [-0.15, -0.1) is 0 Å². The van der Waals surface area contributed by atoms with Gasteiger partial charge in [-0.2, -0.15) is 0 Å². The van der Waals surface area contributed by atoms with Crippen LogP contribution in [-0.2, 0) is 9.53 Å². The molecule has 1 aromatic rings. The number of hydrogen-bond acceptors (Lipinski definition) is 4. The largest absolute Gasteiger partial charge is 0.460 e. The zero-order valence-electron chi connectivity index (χ0n) is 13.2. The van der Waals surface area contributed by atoms with Crippen LogP contribution in [0, 0.1) is 6.92 Å².